The molecule has 0 N–H and O–H groups in total. The molecule has 25 heavy (non-hydrogen) atoms. The maximum Gasteiger partial charge on any atom is -0.00574 e. The topological polar surface area (TPSA) is 0 Å². The second-order valence-electron chi connectivity index (χ2n) is 8.45. The molecular weight excluding hydrogens is 300 g/mol. The molecule has 2 aliphatic rings. The minimum Gasteiger partial charge on any atom is -0.0649 e. The molecule has 2 aromatic rings. The van der Waals surface area contributed by atoms with Gasteiger partial charge in [-0.25, -0.2) is 0 Å². The van der Waals surface area contributed by atoms with Crippen LogP contribution in [0.25, 0.3) is 17.2 Å². The van der Waals surface area contributed by atoms with Gasteiger partial charge in [0, 0.05) is 0 Å². The van der Waals surface area contributed by atoms with Crippen LogP contribution in [0.2, 0.25) is 0 Å². The highest BCUT2D eigenvalue weighted by Crippen LogP contribution is 2.39. The third-order valence-corrected chi connectivity index (χ3v) is 5.98. The van der Waals surface area contributed by atoms with Crippen LogP contribution in [0.4, 0.5) is 0 Å². The lowest BCUT2D eigenvalue weighted by atomic mass is 9.84. The van der Waals surface area contributed by atoms with Crippen LogP contribution in [0.1, 0.15) is 66.3 Å². The molecule has 2 aromatic carbocycles. The zero-order valence-electron chi connectivity index (χ0n) is 16.0. The first-order valence-electron chi connectivity index (χ1n) is 10.00. The maximum absolute atomic E-state index is 2.52. The van der Waals surface area contributed by atoms with Crippen molar-refractivity contribution in [1.82, 2.24) is 0 Å². The van der Waals surface area contributed by atoms with Crippen molar-refractivity contribution >= 4 is 6.08 Å². The fourth-order valence-corrected chi connectivity index (χ4v) is 4.95. The molecule has 0 nitrogen and oxygen atoms in total. The van der Waals surface area contributed by atoms with Crippen LogP contribution in [-0.4, -0.2) is 0 Å². The van der Waals surface area contributed by atoms with Gasteiger partial charge in [-0.15, -0.1) is 0 Å². The monoisotopic (exact) mass is 330 g/mol. The number of hydrogen-bond acceptors (Lipinski definition) is 0. The Hall–Kier alpha value is -1.82. The van der Waals surface area contributed by atoms with E-state index in [0.717, 1.165) is 5.92 Å². The van der Waals surface area contributed by atoms with Gasteiger partial charge in [-0.2, -0.15) is 0 Å². The Bertz CT molecular complexity index is 796. The van der Waals surface area contributed by atoms with Crippen LogP contribution in [0.15, 0.2) is 35.9 Å². The molecule has 0 bridgehead atoms. The van der Waals surface area contributed by atoms with Crippen molar-refractivity contribution in [3.05, 3.63) is 63.7 Å². The van der Waals surface area contributed by atoms with Crippen molar-refractivity contribution in [1.29, 1.82) is 0 Å². The molecule has 0 heteroatoms. The number of allylic oxidation sites excluding steroid dienone is 1. The molecule has 4 rings (SSSR count). The fourth-order valence-electron chi connectivity index (χ4n) is 4.95. The van der Waals surface area contributed by atoms with Crippen LogP contribution < -0.4 is 0 Å². The Labute approximate surface area is 153 Å². The van der Waals surface area contributed by atoms with E-state index in [9.17, 15) is 0 Å². The molecule has 0 unspecified atom stereocenters. The summed E-state index contributed by atoms with van der Waals surface area (Å²) >= 11 is 0. The Kier molecular flexibility index (Phi) is 4.54. The molecule has 0 amide bonds. The van der Waals surface area contributed by atoms with E-state index >= 15 is 0 Å². The number of fused-ring (bicyclic) bond motifs is 1. The molecule has 0 spiro atoms. The van der Waals surface area contributed by atoms with Gasteiger partial charge in [0.15, 0.2) is 0 Å². The van der Waals surface area contributed by atoms with Crippen LogP contribution in [0.3, 0.4) is 0 Å². The predicted octanol–water partition coefficient (Wildman–Crippen LogP) is 7.19. The number of aryl methyl sites for hydroxylation is 3. The molecule has 1 saturated carbocycles. The van der Waals surface area contributed by atoms with Gasteiger partial charge in [0.25, 0.3) is 0 Å². The molecule has 0 radical (unpaired) electrons. The summed E-state index contributed by atoms with van der Waals surface area (Å²) in [5.74, 6) is 0.931. The summed E-state index contributed by atoms with van der Waals surface area (Å²) in [5, 5.41) is 0. The third kappa shape index (κ3) is 3.59. The lowest BCUT2D eigenvalue weighted by Gasteiger charge is -2.21. The molecule has 0 heterocycles. The van der Waals surface area contributed by atoms with Crippen molar-refractivity contribution in [2.75, 3.05) is 0 Å². The van der Waals surface area contributed by atoms with Gasteiger partial charge >= 0.3 is 0 Å². The lowest BCUT2D eigenvalue weighted by molar-refractivity contribution is 0.355. The van der Waals surface area contributed by atoms with Gasteiger partial charge in [0.2, 0.25) is 0 Å². The Morgan fingerprint density at radius 1 is 0.800 bits per heavy atom. The largest absolute Gasteiger partial charge is 0.0649 e. The van der Waals surface area contributed by atoms with Gasteiger partial charge in [-0.05, 0) is 61.8 Å². The fraction of sp³-hybridized carbons (Fsp3) is 0.440. The first-order valence-corrected chi connectivity index (χ1v) is 10.00. The first-order chi connectivity index (χ1) is 12.1. The summed E-state index contributed by atoms with van der Waals surface area (Å²) in [6.45, 7) is 6.65. The van der Waals surface area contributed by atoms with E-state index in [1.807, 2.05) is 0 Å². The minimum absolute atomic E-state index is 0.931. The summed E-state index contributed by atoms with van der Waals surface area (Å²) in [6, 6.07) is 11.7. The van der Waals surface area contributed by atoms with Crippen LogP contribution in [0.5, 0.6) is 0 Å². The Morgan fingerprint density at radius 2 is 1.48 bits per heavy atom. The van der Waals surface area contributed by atoms with E-state index in [1.165, 1.54) is 78.3 Å². The highest BCUT2D eigenvalue weighted by molar-refractivity contribution is 5.82. The molecule has 0 atom stereocenters. The van der Waals surface area contributed by atoms with Gasteiger partial charge in [-0.1, -0.05) is 90.8 Å². The van der Waals surface area contributed by atoms with Crippen LogP contribution in [-0.2, 0) is 6.42 Å². The zero-order chi connectivity index (χ0) is 17.4. The molecule has 0 saturated heterocycles. The molecule has 130 valence electrons. The van der Waals surface area contributed by atoms with E-state index in [4.69, 9.17) is 0 Å². The van der Waals surface area contributed by atoms with E-state index in [0.29, 0.717) is 0 Å². The summed E-state index contributed by atoms with van der Waals surface area (Å²) in [6.07, 6.45) is 12.2. The predicted molar refractivity (Wildman–Crippen MR) is 109 cm³/mol. The van der Waals surface area contributed by atoms with Crippen molar-refractivity contribution in [2.45, 2.75) is 65.7 Å². The van der Waals surface area contributed by atoms with Crippen molar-refractivity contribution in [2.24, 2.45) is 5.92 Å². The summed E-state index contributed by atoms with van der Waals surface area (Å²) in [7, 11) is 0. The SMILES string of the molecule is Cc1cc(C)cc(-c2cc(C)cc3c2C=C(CC2CCCCC2)C3)c1. The summed E-state index contributed by atoms with van der Waals surface area (Å²) < 4.78 is 0. The van der Waals surface area contributed by atoms with Crippen LogP contribution in [0, 0.1) is 26.7 Å². The summed E-state index contributed by atoms with van der Waals surface area (Å²) in [4.78, 5) is 0. The maximum atomic E-state index is 2.52. The van der Waals surface area contributed by atoms with Crippen molar-refractivity contribution in [3.8, 4) is 11.1 Å². The lowest BCUT2D eigenvalue weighted by Crippen LogP contribution is -2.07. The summed E-state index contributed by atoms with van der Waals surface area (Å²) in [5.41, 5.74) is 11.6. The standard InChI is InChI=1S/C25H30/c1-17-9-18(2)11-22(10-17)24-13-19(3)12-23-15-21(16-25(23)24)14-20-7-5-4-6-8-20/h9-13,16,20H,4-8,14-15H2,1-3H3. The quantitative estimate of drug-likeness (QED) is 0.558. The first kappa shape index (κ1) is 16.6. The van der Waals surface area contributed by atoms with E-state index in [-0.39, 0.29) is 0 Å². The average Bonchev–Trinajstić information content (AvgIpc) is 2.96. The smallest absolute Gasteiger partial charge is 0.00574 e. The molecule has 2 aliphatic carbocycles. The zero-order valence-corrected chi connectivity index (χ0v) is 16.0. The highest BCUT2D eigenvalue weighted by atomic mass is 14.3. The highest BCUT2D eigenvalue weighted by Gasteiger charge is 2.21. The number of rotatable bonds is 3. The molecule has 1 fully saturated rings. The van der Waals surface area contributed by atoms with Crippen LogP contribution >= 0.6 is 0 Å². The molecule has 0 aromatic heterocycles. The second kappa shape index (κ2) is 6.83. The van der Waals surface area contributed by atoms with Gasteiger partial charge in [-0.3, -0.25) is 0 Å². The van der Waals surface area contributed by atoms with Gasteiger partial charge in [0.05, 0.1) is 0 Å². The second-order valence-corrected chi connectivity index (χ2v) is 8.45. The average molecular weight is 331 g/mol. The minimum atomic E-state index is 0.931. The molecular formula is C25H30. The molecule has 0 aliphatic heterocycles. The van der Waals surface area contributed by atoms with Gasteiger partial charge < -0.3 is 0 Å². The van der Waals surface area contributed by atoms with E-state index < -0.39 is 0 Å². The number of hydrogen-bond donors (Lipinski definition) is 0. The Morgan fingerprint density at radius 3 is 2.20 bits per heavy atom. The van der Waals surface area contributed by atoms with E-state index in [2.05, 4.69) is 57.2 Å². The van der Waals surface area contributed by atoms with Crippen molar-refractivity contribution < 1.29 is 0 Å². The number of benzene rings is 2. The Balaban J connectivity index is 1.68. The third-order valence-electron chi connectivity index (χ3n) is 5.98. The van der Waals surface area contributed by atoms with Crippen molar-refractivity contribution in [3.63, 3.8) is 0 Å². The van der Waals surface area contributed by atoms with Gasteiger partial charge in [0.1, 0.15) is 0 Å². The normalized spacial score (nSPS) is 17.5. The van der Waals surface area contributed by atoms with E-state index in [1.54, 1.807) is 11.1 Å².